The van der Waals surface area contributed by atoms with Gasteiger partial charge in [0, 0.05) is 0 Å². The Morgan fingerprint density at radius 1 is 1.20 bits per heavy atom. The Hall–Kier alpha value is -2.47. The van der Waals surface area contributed by atoms with Gasteiger partial charge in [-0.25, -0.2) is 9.37 Å². The van der Waals surface area contributed by atoms with E-state index in [0.29, 0.717) is 22.0 Å². The van der Waals surface area contributed by atoms with Crippen molar-refractivity contribution in [3.05, 3.63) is 47.4 Å². The van der Waals surface area contributed by atoms with Gasteiger partial charge in [-0.15, -0.1) is 0 Å². The third-order valence-corrected chi connectivity index (χ3v) is 3.00. The van der Waals surface area contributed by atoms with Gasteiger partial charge < -0.3 is 10.3 Å². The smallest absolute Gasteiger partial charge is 0.260 e. The van der Waals surface area contributed by atoms with Gasteiger partial charge in [0.1, 0.15) is 11.5 Å². The van der Waals surface area contributed by atoms with Gasteiger partial charge in [-0.05, 0) is 24.3 Å². The lowest BCUT2D eigenvalue weighted by Crippen LogP contribution is -1.91. The Labute approximate surface area is 118 Å². The molecular weight excluding hydrogens is 283 g/mol. The van der Waals surface area contributed by atoms with Crippen molar-refractivity contribution < 1.29 is 8.91 Å². The Kier molecular flexibility index (Phi) is 3.08. The van der Waals surface area contributed by atoms with E-state index < -0.39 is 5.82 Å². The fourth-order valence-corrected chi connectivity index (χ4v) is 1.84. The van der Waals surface area contributed by atoms with E-state index in [1.807, 2.05) is 0 Å². The lowest BCUT2D eigenvalue weighted by molar-refractivity contribution is 0.432. The molecule has 0 radical (unpaired) electrons. The zero-order valence-corrected chi connectivity index (χ0v) is 10.8. The molecular formula is C13H8ClFN4O. The number of hydrogen-bond donors (Lipinski definition) is 1. The molecule has 3 aromatic rings. The minimum atomic E-state index is -0.434. The number of nitrogens with zero attached hydrogens (tertiary/aromatic N) is 3. The standard InChI is InChI=1S/C13H8ClFN4O/c14-9-3-1-2-8(11(9)16)13-18-12(19-20-13)10-5-4-7(15)6-17-10/h1-6H,16H2. The second-order valence-electron chi connectivity index (χ2n) is 3.99. The van der Waals surface area contributed by atoms with Gasteiger partial charge in [0.25, 0.3) is 5.89 Å². The first-order valence-corrected chi connectivity index (χ1v) is 6.03. The van der Waals surface area contributed by atoms with Gasteiger partial charge >= 0.3 is 0 Å². The molecule has 0 unspecified atom stereocenters. The molecule has 0 saturated heterocycles. The Bertz CT molecular complexity index is 757. The van der Waals surface area contributed by atoms with Crippen LogP contribution in [0.25, 0.3) is 23.0 Å². The SMILES string of the molecule is Nc1c(Cl)cccc1-c1nc(-c2ccc(F)cn2)no1. The Balaban J connectivity index is 2.02. The number of nitrogen functional groups attached to an aromatic ring is 1. The molecule has 0 aliphatic heterocycles. The van der Waals surface area contributed by atoms with E-state index in [-0.39, 0.29) is 11.7 Å². The predicted octanol–water partition coefficient (Wildman–Crippen LogP) is 3.17. The molecule has 0 atom stereocenters. The van der Waals surface area contributed by atoms with Crippen LogP contribution in [0.15, 0.2) is 41.1 Å². The fourth-order valence-electron chi connectivity index (χ4n) is 1.67. The van der Waals surface area contributed by atoms with Crippen LogP contribution in [0.1, 0.15) is 0 Å². The highest BCUT2D eigenvalue weighted by molar-refractivity contribution is 6.33. The van der Waals surface area contributed by atoms with Crippen molar-refractivity contribution in [2.75, 3.05) is 5.73 Å². The molecule has 100 valence electrons. The van der Waals surface area contributed by atoms with Crippen LogP contribution in [0.4, 0.5) is 10.1 Å². The molecule has 0 saturated carbocycles. The molecule has 0 amide bonds. The summed E-state index contributed by atoms with van der Waals surface area (Å²) in [5.74, 6) is 0.0436. The largest absolute Gasteiger partial charge is 0.397 e. The van der Waals surface area contributed by atoms with Crippen molar-refractivity contribution in [2.24, 2.45) is 0 Å². The number of anilines is 1. The van der Waals surface area contributed by atoms with Crippen LogP contribution in [-0.2, 0) is 0 Å². The second kappa shape index (κ2) is 4.90. The summed E-state index contributed by atoms with van der Waals surface area (Å²) in [6.45, 7) is 0. The van der Waals surface area contributed by atoms with Gasteiger partial charge in [-0.2, -0.15) is 4.98 Å². The summed E-state index contributed by atoms with van der Waals surface area (Å²) in [6, 6.07) is 7.85. The van der Waals surface area contributed by atoms with Crippen LogP contribution < -0.4 is 5.73 Å². The summed E-state index contributed by atoms with van der Waals surface area (Å²) in [5.41, 5.74) is 7.16. The zero-order valence-electron chi connectivity index (χ0n) is 10.0. The number of rotatable bonds is 2. The molecule has 1 aromatic carbocycles. The van der Waals surface area contributed by atoms with Gasteiger partial charge in [0.2, 0.25) is 5.82 Å². The minimum absolute atomic E-state index is 0.228. The quantitative estimate of drug-likeness (QED) is 0.733. The summed E-state index contributed by atoms with van der Waals surface area (Å²) in [5, 5.41) is 4.20. The van der Waals surface area contributed by atoms with Crippen LogP contribution in [0.3, 0.4) is 0 Å². The molecule has 5 nitrogen and oxygen atoms in total. The Morgan fingerprint density at radius 3 is 2.80 bits per heavy atom. The Morgan fingerprint density at radius 2 is 2.05 bits per heavy atom. The van der Waals surface area contributed by atoms with E-state index in [2.05, 4.69) is 15.1 Å². The number of halogens is 2. The topological polar surface area (TPSA) is 77.8 Å². The van der Waals surface area contributed by atoms with Gasteiger partial charge in [0.15, 0.2) is 0 Å². The lowest BCUT2D eigenvalue weighted by Gasteiger charge is -2.01. The van der Waals surface area contributed by atoms with Crippen LogP contribution in [0.5, 0.6) is 0 Å². The van der Waals surface area contributed by atoms with Crippen molar-refractivity contribution in [2.45, 2.75) is 0 Å². The molecule has 20 heavy (non-hydrogen) atoms. The first-order chi connectivity index (χ1) is 9.65. The number of benzene rings is 1. The normalized spacial score (nSPS) is 10.7. The number of aromatic nitrogens is 3. The van der Waals surface area contributed by atoms with Crippen molar-refractivity contribution in [1.82, 2.24) is 15.1 Å². The van der Waals surface area contributed by atoms with Gasteiger partial charge in [-0.1, -0.05) is 22.8 Å². The highest BCUT2D eigenvalue weighted by Crippen LogP contribution is 2.31. The minimum Gasteiger partial charge on any atom is -0.397 e. The average molecular weight is 291 g/mol. The first kappa shape index (κ1) is 12.6. The molecule has 3 rings (SSSR count). The molecule has 2 N–H and O–H groups in total. The van der Waals surface area contributed by atoms with E-state index in [0.717, 1.165) is 6.20 Å². The van der Waals surface area contributed by atoms with Crippen molar-refractivity contribution >= 4 is 17.3 Å². The molecule has 0 aliphatic rings. The summed E-state index contributed by atoms with van der Waals surface area (Å²) in [7, 11) is 0. The number of para-hydroxylation sites is 1. The third kappa shape index (κ3) is 2.21. The van der Waals surface area contributed by atoms with E-state index in [9.17, 15) is 4.39 Å². The highest BCUT2D eigenvalue weighted by atomic mass is 35.5. The maximum Gasteiger partial charge on any atom is 0.260 e. The monoisotopic (exact) mass is 290 g/mol. The van der Waals surface area contributed by atoms with Crippen molar-refractivity contribution in [3.8, 4) is 23.0 Å². The maximum absolute atomic E-state index is 12.8. The molecule has 0 bridgehead atoms. The second-order valence-corrected chi connectivity index (χ2v) is 4.39. The molecule has 0 aliphatic carbocycles. The molecule has 0 spiro atoms. The molecule has 2 heterocycles. The van der Waals surface area contributed by atoms with Gasteiger partial charge in [0.05, 0.1) is 22.5 Å². The zero-order chi connectivity index (χ0) is 14.1. The van der Waals surface area contributed by atoms with Crippen LogP contribution >= 0.6 is 11.6 Å². The number of pyridine rings is 1. The van der Waals surface area contributed by atoms with E-state index in [1.54, 1.807) is 18.2 Å². The van der Waals surface area contributed by atoms with E-state index in [4.69, 9.17) is 21.9 Å². The molecule has 0 fully saturated rings. The molecule has 7 heteroatoms. The summed E-state index contributed by atoms with van der Waals surface area (Å²) in [6.07, 6.45) is 1.08. The third-order valence-electron chi connectivity index (χ3n) is 2.67. The summed E-state index contributed by atoms with van der Waals surface area (Å²) >= 11 is 5.94. The fraction of sp³-hybridized carbons (Fsp3) is 0. The van der Waals surface area contributed by atoms with Crippen LogP contribution in [-0.4, -0.2) is 15.1 Å². The average Bonchev–Trinajstić information content (AvgIpc) is 2.92. The van der Waals surface area contributed by atoms with Crippen LogP contribution in [0, 0.1) is 5.82 Å². The van der Waals surface area contributed by atoms with Crippen molar-refractivity contribution in [3.63, 3.8) is 0 Å². The lowest BCUT2D eigenvalue weighted by atomic mass is 10.2. The summed E-state index contributed by atoms with van der Waals surface area (Å²) in [4.78, 5) is 8.06. The first-order valence-electron chi connectivity index (χ1n) is 5.65. The van der Waals surface area contributed by atoms with Crippen LogP contribution in [0.2, 0.25) is 5.02 Å². The van der Waals surface area contributed by atoms with Gasteiger partial charge in [-0.3, -0.25) is 0 Å². The highest BCUT2D eigenvalue weighted by Gasteiger charge is 2.15. The molecule has 2 aromatic heterocycles. The maximum atomic E-state index is 12.8. The number of hydrogen-bond acceptors (Lipinski definition) is 5. The predicted molar refractivity (Wildman–Crippen MR) is 72.3 cm³/mol. The summed E-state index contributed by atoms with van der Waals surface area (Å²) < 4.78 is 17.9. The number of nitrogens with two attached hydrogens (primary N) is 1. The van der Waals surface area contributed by atoms with E-state index in [1.165, 1.54) is 12.1 Å². The van der Waals surface area contributed by atoms with E-state index >= 15 is 0 Å². The van der Waals surface area contributed by atoms with Crippen molar-refractivity contribution in [1.29, 1.82) is 0 Å².